The van der Waals surface area contributed by atoms with E-state index in [1.807, 2.05) is 20.8 Å². The molecule has 3 aliphatic rings. The SMILES string of the molecule is Brc1c2ccccc2c(-c2ccc3ccccc3c2)c2ccccc12.C.CC1(C)c2cc(-c3c4ccccc4c(-c4ccc5ccccc5c4)c4ccccc34)ccc2-c2cc3c4ccccc4c4ccccc4c3cc21.[CH2+]C1(C)OB(c2ccc3c(c2)C(C)(C)c2cc4c5ccccc5c5ccccc5c4cc2-3)OC1(C)C. The third-order valence-corrected chi connectivity index (χ3v) is 26.4. The van der Waals surface area contributed by atoms with Crippen molar-refractivity contribution in [3.05, 3.63) is 373 Å². The second kappa shape index (κ2) is 26.2. The largest absolute Gasteiger partial charge is 0.498 e. The quantitative estimate of drug-likeness (QED) is 0.0757. The van der Waals surface area contributed by atoms with E-state index in [1.54, 1.807) is 0 Å². The lowest BCUT2D eigenvalue weighted by Crippen LogP contribution is -2.42. The maximum atomic E-state index is 6.33. The van der Waals surface area contributed by atoms with E-state index in [2.05, 4.69) is 390 Å². The molecule has 20 aromatic carbocycles. The van der Waals surface area contributed by atoms with Gasteiger partial charge in [0.25, 0.3) is 0 Å². The van der Waals surface area contributed by atoms with Gasteiger partial charge in [0.2, 0.25) is 5.60 Å². The number of rotatable bonds is 4. The van der Waals surface area contributed by atoms with E-state index in [-0.39, 0.29) is 18.3 Å². The van der Waals surface area contributed by atoms with E-state index in [0.29, 0.717) is 0 Å². The number of hydrogen-bond donors (Lipinski definition) is 0. The summed E-state index contributed by atoms with van der Waals surface area (Å²) in [6.07, 6.45) is 0. The average molecular weight is 1520 g/mol. The van der Waals surface area contributed by atoms with Crippen molar-refractivity contribution >= 4 is 158 Å². The van der Waals surface area contributed by atoms with Crippen molar-refractivity contribution in [3.63, 3.8) is 0 Å². The van der Waals surface area contributed by atoms with Gasteiger partial charge in [-0.25, -0.2) is 0 Å². The van der Waals surface area contributed by atoms with Gasteiger partial charge in [-0.1, -0.05) is 332 Å². The summed E-state index contributed by atoms with van der Waals surface area (Å²) in [6, 6.07) is 125. The van der Waals surface area contributed by atoms with Gasteiger partial charge in [-0.3, -0.25) is 0 Å². The van der Waals surface area contributed by atoms with Gasteiger partial charge < -0.3 is 9.31 Å². The minimum Gasteiger partial charge on any atom is -0.395 e. The Bertz CT molecular complexity index is 7290. The van der Waals surface area contributed by atoms with E-state index in [0.717, 1.165) is 5.46 Å². The fourth-order valence-corrected chi connectivity index (χ4v) is 20.0. The van der Waals surface area contributed by atoms with Crippen molar-refractivity contribution in [3.8, 4) is 55.6 Å². The topological polar surface area (TPSA) is 18.5 Å². The second-order valence-corrected chi connectivity index (χ2v) is 33.7. The molecule has 540 valence electrons. The Kier molecular flexibility index (Phi) is 16.3. The van der Waals surface area contributed by atoms with Gasteiger partial charge in [-0.2, -0.15) is 0 Å². The number of benzene rings is 20. The summed E-state index contributed by atoms with van der Waals surface area (Å²) < 4.78 is 13.8. The molecule has 1 heterocycles. The van der Waals surface area contributed by atoms with Gasteiger partial charge in [0, 0.05) is 22.2 Å². The summed E-state index contributed by atoms with van der Waals surface area (Å²) in [5, 5.41) is 31.1. The van der Waals surface area contributed by atoms with Crippen LogP contribution in [0.2, 0.25) is 0 Å². The molecule has 0 bridgehead atoms. The Morgan fingerprint density at radius 2 is 0.522 bits per heavy atom. The Morgan fingerprint density at radius 1 is 0.248 bits per heavy atom. The molecule has 2 aliphatic carbocycles. The average Bonchev–Trinajstić information content (AvgIpc) is 1.56. The van der Waals surface area contributed by atoms with Gasteiger partial charge in [0.1, 0.15) is 5.60 Å². The van der Waals surface area contributed by atoms with E-state index in [9.17, 15) is 0 Å². The molecule has 0 aromatic heterocycles. The van der Waals surface area contributed by atoms with Crippen LogP contribution in [0.5, 0.6) is 0 Å². The van der Waals surface area contributed by atoms with Crippen molar-refractivity contribution in [1.29, 1.82) is 0 Å². The van der Waals surface area contributed by atoms with Gasteiger partial charge in [0.15, 0.2) is 0 Å². The first-order valence-electron chi connectivity index (χ1n) is 39.2. The predicted octanol–water partition coefficient (Wildman–Crippen LogP) is 30.0. The lowest BCUT2D eigenvalue weighted by atomic mass is 9.74. The van der Waals surface area contributed by atoms with E-state index >= 15 is 0 Å². The van der Waals surface area contributed by atoms with Crippen LogP contribution in [-0.4, -0.2) is 18.3 Å². The summed E-state index contributed by atoms with van der Waals surface area (Å²) in [6.45, 7) is 19.9. The molecule has 4 heteroatoms. The van der Waals surface area contributed by atoms with Crippen LogP contribution in [0.4, 0.5) is 0 Å². The summed E-state index contributed by atoms with van der Waals surface area (Å²) in [7, 11) is -0.417. The van der Waals surface area contributed by atoms with Crippen molar-refractivity contribution in [2.75, 3.05) is 0 Å². The van der Waals surface area contributed by atoms with Crippen LogP contribution in [-0.2, 0) is 20.1 Å². The summed E-state index contributed by atoms with van der Waals surface area (Å²) in [5.74, 6) is 0. The van der Waals surface area contributed by atoms with Gasteiger partial charge in [-0.05, 0) is 285 Å². The fraction of sp³-hybridized carbons (Fsp3) is 0.110. The van der Waals surface area contributed by atoms with Crippen molar-refractivity contribution in [2.24, 2.45) is 0 Å². The summed E-state index contributed by atoms with van der Waals surface area (Å²) in [5.41, 5.74) is 18.2. The molecule has 20 aromatic rings. The third kappa shape index (κ3) is 10.9. The van der Waals surface area contributed by atoms with Crippen LogP contribution in [0.1, 0.15) is 78.1 Å². The van der Waals surface area contributed by atoms with Crippen molar-refractivity contribution in [1.82, 2.24) is 0 Å². The zero-order valence-electron chi connectivity index (χ0n) is 63.8. The number of fused-ring (bicyclic) bond motifs is 24. The Labute approximate surface area is 669 Å². The Morgan fingerprint density at radius 3 is 0.885 bits per heavy atom. The molecule has 0 radical (unpaired) electrons. The van der Waals surface area contributed by atoms with E-state index in [4.69, 9.17) is 9.31 Å². The molecule has 1 aliphatic heterocycles. The highest BCUT2D eigenvalue weighted by atomic mass is 79.9. The minimum atomic E-state index is -0.602. The van der Waals surface area contributed by atoms with Crippen LogP contribution in [0.3, 0.4) is 0 Å². The van der Waals surface area contributed by atoms with E-state index in [1.165, 1.54) is 212 Å². The maximum Gasteiger partial charge on any atom is 0.498 e. The Balaban J connectivity index is 0.000000117. The van der Waals surface area contributed by atoms with Gasteiger partial charge in [0.05, 0.1) is 6.92 Å². The van der Waals surface area contributed by atoms with Crippen LogP contribution in [0.15, 0.2) is 344 Å². The number of halogens is 1. The maximum absolute atomic E-state index is 6.33. The predicted molar refractivity (Wildman–Crippen MR) is 491 cm³/mol. The molecule has 0 amide bonds. The molecule has 1 fully saturated rings. The van der Waals surface area contributed by atoms with Gasteiger partial charge >= 0.3 is 7.12 Å². The second-order valence-electron chi connectivity index (χ2n) is 32.9. The monoisotopic (exact) mass is 1510 g/mol. The first-order valence-corrected chi connectivity index (χ1v) is 40.0. The molecular weight excluding hydrogens is 1430 g/mol. The molecule has 0 N–H and O–H groups in total. The molecule has 23 rings (SSSR count). The molecule has 0 spiro atoms. The normalized spacial score (nSPS) is 15.6. The van der Waals surface area contributed by atoms with Crippen molar-refractivity contribution < 1.29 is 9.31 Å². The number of hydrogen-bond acceptors (Lipinski definition) is 2. The fourth-order valence-electron chi connectivity index (χ4n) is 19.3. The molecular formula is C109H83BBrO2+. The molecule has 2 nitrogen and oxygen atoms in total. The smallest absolute Gasteiger partial charge is 0.395 e. The van der Waals surface area contributed by atoms with Crippen LogP contribution < -0.4 is 5.46 Å². The van der Waals surface area contributed by atoms with Gasteiger partial charge in [-0.15, -0.1) is 0 Å². The highest BCUT2D eigenvalue weighted by Crippen LogP contribution is 2.56. The Hall–Kier alpha value is -12.1. The van der Waals surface area contributed by atoms with Crippen LogP contribution in [0, 0.1) is 6.92 Å². The molecule has 0 saturated carbocycles. The third-order valence-electron chi connectivity index (χ3n) is 25.6. The lowest BCUT2D eigenvalue weighted by Gasteiger charge is -2.25. The molecule has 113 heavy (non-hydrogen) atoms. The van der Waals surface area contributed by atoms with Crippen molar-refractivity contribution in [2.45, 2.75) is 77.9 Å². The first-order chi connectivity index (χ1) is 54.5. The molecule has 1 saturated heterocycles. The van der Waals surface area contributed by atoms with Crippen LogP contribution in [0.25, 0.3) is 185 Å². The highest BCUT2D eigenvalue weighted by Gasteiger charge is 2.57. The minimum absolute atomic E-state index is 0. The molecule has 1 unspecified atom stereocenters. The zero-order chi connectivity index (χ0) is 75.7. The van der Waals surface area contributed by atoms with E-state index < -0.39 is 18.3 Å². The highest BCUT2D eigenvalue weighted by molar-refractivity contribution is 9.10. The summed E-state index contributed by atoms with van der Waals surface area (Å²) in [4.78, 5) is 0. The molecule has 1 atom stereocenters. The zero-order valence-corrected chi connectivity index (χ0v) is 65.4. The summed E-state index contributed by atoms with van der Waals surface area (Å²) >= 11 is 3.83. The standard InChI is InChI=1S/C51H34.C33H30BO2.C24H15Br.CH4/c1-51(2)47-28-34(25-26-39(47)46-29-44-37-17-7-5-15-35(37)36-16-6-8-18-38(36)45(44)30-48(46)51)50-42-21-11-9-19-40(42)49(41-20-10-12-22-43(41)50)33-24-23-31-13-3-4-14-32(31)27-33;1-31(2)29-17-20(34-35-32(3,4)33(5,6)36-34)15-16-25(29)28-18-26-23-13-9-7-11-21(23)22-12-8-10-14-24(22)27(26)19-30(28)31;25-24-21-11-5-3-9-19(21)23(20-10-4-6-12-22(20)24)18-14-13-16-7-1-2-8-17(16)15-18;/h3-30H,1-2H3;7-19H,3H2,1-2,4-6H3;1-15H;1H4/q;+1;;. The first kappa shape index (κ1) is 70.0. The lowest BCUT2D eigenvalue weighted by molar-refractivity contribution is 0.0262. The van der Waals surface area contributed by atoms with Crippen LogP contribution >= 0.6 is 15.9 Å².